The summed E-state index contributed by atoms with van der Waals surface area (Å²) in [4.78, 5) is 26.7. The van der Waals surface area contributed by atoms with Crippen molar-refractivity contribution in [3.63, 3.8) is 0 Å². The van der Waals surface area contributed by atoms with Gasteiger partial charge in [0.1, 0.15) is 12.4 Å². The second kappa shape index (κ2) is 9.88. The number of rotatable bonds is 8. The Morgan fingerprint density at radius 1 is 0.963 bits per heavy atom. The van der Waals surface area contributed by atoms with Gasteiger partial charge in [-0.3, -0.25) is 14.5 Å². The highest BCUT2D eigenvalue weighted by Crippen LogP contribution is 2.21. The molecule has 0 spiro atoms. The van der Waals surface area contributed by atoms with Gasteiger partial charge in [-0.2, -0.15) is 0 Å². The van der Waals surface area contributed by atoms with Crippen molar-refractivity contribution >= 4 is 11.7 Å². The number of carbonyl (C=O) groups is 2. The summed E-state index contributed by atoms with van der Waals surface area (Å²) >= 11 is 0. The Morgan fingerprint density at radius 3 is 2.26 bits per heavy atom. The zero-order chi connectivity index (χ0) is 18.9. The van der Waals surface area contributed by atoms with E-state index in [-0.39, 0.29) is 17.6 Å². The molecule has 0 bridgehead atoms. The van der Waals surface area contributed by atoms with Gasteiger partial charge in [0.25, 0.3) is 0 Å². The maximum Gasteiger partial charge on any atom is 0.234 e. The highest BCUT2D eigenvalue weighted by Gasteiger charge is 2.26. The Labute approximate surface area is 160 Å². The van der Waals surface area contributed by atoms with Crippen LogP contribution in [0.25, 0.3) is 0 Å². The third-order valence-electron chi connectivity index (χ3n) is 4.82. The van der Waals surface area contributed by atoms with Crippen molar-refractivity contribution < 1.29 is 14.3 Å². The standard InChI is InChI=1S/C22H26N2O3/c25-21(23-13-16-27-20-9-5-2-6-10-20)17-24-14-11-19(12-15-24)22(26)18-7-3-1-4-8-18/h1-10,19H,11-17H2,(H,23,25). The van der Waals surface area contributed by atoms with E-state index >= 15 is 0 Å². The zero-order valence-electron chi connectivity index (χ0n) is 15.5. The fourth-order valence-corrected chi connectivity index (χ4v) is 3.33. The second-order valence-corrected chi connectivity index (χ2v) is 6.79. The Kier molecular flexibility index (Phi) is 6.99. The molecule has 1 fully saturated rings. The summed E-state index contributed by atoms with van der Waals surface area (Å²) in [5.41, 5.74) is 0.784. The minimum absolute atomic E-state index is 0.000465. The van der Waals surface area contributed by atoms with Gasteiger partial charge in [0.15, 0.2) is 5.78 Å². The summed E-state index contributed by atoms with van der Waals surface area (Å²) in [6, 6.07) is 19.0. The number of likely N-dealkylation sites (tertiary alicyclic amines) is 1. The molecule has 0 aliphatic carbocycles. The first-order valence-electron chi connectivity index (χ1n) is 9.48. The van der Waals surface area contributed by atoms with Crippen LogP contribution in [0.4, 0.5) is 0 Å². The van der Waals surface area contributed by atoms with Gasteiger partial charge < -0.3 is 10.1 Å². The molecule has 0 aromatic heterocycles. The minimum atomic E-state index is -0.000465. The molecule has 1 aliphatic rings. The largest absolute Gasteiger partial charge is 0.492 e. The van der Waals surface area contributed by atoms with E-state index in [2.05, 4.69) is 10.2 Å². The molecule has 2 aromatic carbocycles. The van der Waals surface area contributed by atoms with Crippen molar-refractivity contribution in [3.8, 4) is 5.75 Å². The van der Waals surface area contributed by atoms with Crippen LogP contribution in [-0.4, -0.2) is 49.4 Å². The van der Waals surface area contributed by atoms with Gasteiger partial charge in [-0.1, -0.05) is 48.5 Å². The summed E-state index contributed by atoms with van der Waals surface area (Å²) in [5.74, 6) is 1.08. The number of nitrogens with one attached hydrogen (secondary N) is 1. The fraction of sp³-hybridized carbons (Fsp3) is 0.364. The molecule has 1 saturated heterocycles. The predicted molar refractivity (Wildman–Crippen MR) is 105 cm³/mol. The Hall–Kier alpha value is -2.66. The summed E-state index contributed by atoms with van der Waals surface area (Å²) in [6.45, 7) is 2.85. The average molecular weight is 366 g/mol. The minimum Gasteiger partial charge on any atom is -0.492 e. The molecule has 1 aliphatic heterocycles. The number of nitrogens with zero attached hydrogens (tertiary/aromatic N) is 1. The molecule has 1 N–H and O–H groups in total. The third kappa shape index (κ3) is 5.93. The van der Waals surface area contributed by atoms with E-state index < -0.39 is 0 Å². The van der Waals surface area contributed by atoms with Crippen LogP contribution in [0.15, 0.2) is 60.7 Å². The number of benzene rings is 2. The highest BCUT2D eigenvalue weighted by molar-refractivity contribution is 5.97. The number of ether oxygens (including phenoxy) is 1. The van der Waals surface area contributed by atoms with E-state index in [9.17, 15) is 9.59 Å². The van der Waals surface area contributed by atoms with Crippen LogP contribution < -0.4 is 10.1 Å². The second-order valence-electron chi connectivity index (χ2n) is 6.79. The van der Waals surface area contributed by atoms with Crippen molar-refractivity contribution in [1.29, 1.82) is 0 Å². The first-order valence-corrected chi connectivity index (χ1v) is 9.48. The molecule has 5 heteroatoms. The summed E-state index contributed by atoms with van der Waals surface area (Å²) < 4.78 is 5.56. The molecular formula is C22H26N2O3. The van der Waals surface area contributed by atoms with E-state index in [0.717, 1.165) is 37.2 Å². The summed E-state index contributed by atoms with van der Waals surface area (Å²) in [6.07, 6.45) is 1.61. The molecule has 1 amide bonds. The monoisotopic (exact) mass is 366 g/mol. The lowest BCUT2D eigenvalue weighted by Crippen LogP contribution is -2.43. The van der Waals surface area contributed by atoms with Crippen molar-refractivity contribution in [2.24, 2.45) is 5.92 Å². The average Bonchev–Trinajstić information content (AvgIpc) is 2.73. The number of Topliss-reactive ketones (excluding diaryl/α,β-unsaturated/α-hetero) is 1. The van der Waals surface area contributed by atoms with E-state index in [1.54, 1.807) is 0 Å². The maximum absolute atomic E-state index is 12.5. The van der Waals surface area contributed by atoms with Crippen LogP contribution in [0.1, 0.15) is 23.2 Å². The number of carbonyl (C=O) groups excluding carboxylic acids is 2. The molecule has 1 heterocycles. The predicted octanol–water partition coefficient (Wildman–Crippen LogP) is 2.78. The Balaban J connectivity index is 1.33. The molecule has 5 nitrogen and oxygen atoms in total. The molecular weight excluding hydrogens is 340 g/mol. The quantitative estimate of drug-likeness (QED) is 0.577. The van der Waals surface area contributed by atoms with E-state index in [4.69, 9.17) is 4.74 Å². The molecule has 0 radical (unpaired) electrons. The van der Waals surface area contributed by atoms with Gasteiger partial charge in [0.05, 0.1) is 13.1 Å². The van der Waals surface area contributed by atoms with Gasteiger partial charge >= 0.3 is 0 Å². The van der Waals surface area contributed by atoms with Crippen molar-refractivity contribution in [1.82, 2.24) is 10.2 Å². The van der Waals surface area contributed by atoms with Crippen LogP contribution >= 0.6 is 0 Å². The number of ketones is 1. The molecule has 0 unspecified atom stereocenters. The number of amides is 1. The number of para-hydroxylation sites is 1. The topological polar surface area (TPSA) is 58.6 Å². The normalized spacial score (nSPS) is 15.3. The molecule has 3 rings (SSSR count). The lowest BCUT2D eigenvalue weighted by Gasteiger charge is -2.30. The van der Waals surface area contributed by atoms with Gasteiger partial charge in [0, 0.05) is 11.5 Å². The molecule has 27 heavy (non-hydrogen) atoms. The van der Waals surface area contributed by atoms with Gasteiger partial charge in [-0.15, -0.1) is 0 Å². The van der Waals surface area contributed by atoms with E-state index in [1.807, 2.05) is 60.7 Å². The molecule has 142 valence electrons. The number of hydrogen-bond donors (Lipinski definition) is 1. The lowest BCUT2D eigenvalue weighted by atomic mass is 9.89. The van der Waals surface area contributed by atoms with Gasteiger partial charge in [0.2, 0.25) is 5.91 Å². The van der Waals surface area contributed by atoms with E-state index in [0.29, 0.717) is 19.7 Å². The number of hydrogen-bond acceptors (Lipinski definition) is 4. The lowest BCUT2D eigenvalue weighted by molar-refractivity contribution is -0.122. The Morgan fingerprint density at radius 2 is 1.59 bits per heavy atom. The van der Waals surface area contributed by atoms with Gasteiger partial charge in [-0.25, -0.2) is 0 Å². The van der Waals surface area contributed by atoms with Crippen LogP contribution in [0.3, 0.4) is 0 Å². The van der Waals surface area contributed by atoms with Crippen molar-refractivity contribution in [2.75, 3.05) is 32.8 Å². The van der Waals surface area contributed by atoms with Crippen molar-refractivity contribution in [2.45, 2.75) is 12.8 Å². The zero-order valence-corrected chi connectivity index (χ0v) is 15.5. The first-order chi connectivity index (χ1) is 13.2. The SMILES string of the molecule is O=C(CN1CCC(C(=O)c2ccccc2)CC1)NCCOc1ccccc1. The van der Waals surface area contributed by atoms with Crippen molar-refractivity contribution in [3.05, 3.63) is 66.2 Å². The molecule has 0 saturated carbocycles. The number of piperidine rings is 1. The highest BCUT2D eigenvalue weighted by atomic mass is 16.5. The fourth-order valence-electron chi connectivity index (χ4n) is 3.33. The molecule has 2 aromatic rings. The smallest absolute Gasteiger partial charge is 0.234 e. The summed E-state index contributed by atoms with van der Waals surface area (Å²) in [7, 11) is 0. The third-order valence-corrected chi connectivity index (χ3v) is 4.82. The molecule has 0 atom stereocenters. The first kappa shape index (κ1) is 19.1. The van der Waals surface area contributed by atoms with Crippen LogP contribution in [0.5, 0.6) is 5.75 Å². The maximum atomic E-state index is 12.5. The van der Waals surface area contributed by atoms with E-state index in [1.165, 1.54) is 0 Å². The van der Waals surface area contributed by atoms with Gasteiger partial charge in [-0.05, 0) is 38.1 Å². The Bertz CT molecular complexity index is 726. The summed E-state index contributed by atoms with van der Waals surface area (Å²) in [5, 5.41) is 2.89. The van der Waals surface area contributed by atoms with Crippen LogP contribution in [0.2, 0.25) is 0 Å². The van der Waals surface area contributed by atoms with Crippen LogP contribution in [-0.2, 0) is 4.79 Å². The van der Waals surface area contributed by atoms with Crippen LogP contribution in [0, 0.1) is 5.92 Å².